The lowest BCUT2D eigenvalue weighted by molar-refractivity contribution is -0.146. The van der Waals surface area contributed by atoms with Crippen LogP contribution in [0.15, 0.2) is 12.3 Å². The standard InChI is InChI=1S/C17H28N2O2/c1-5-14(3)19-10-8-15(18-19)11-16(20)17(21-4)9-6-7-13(2)12-17/h8,10,13-14H,5-7,9,11-12H2,1-4H3. The highest BCUT2D eigenvalue weighted by Gasteiger charge is 2.41. The van der Waals surface area contributed by atoms with Gasteiger partial charge in [0.1, 0.15) is 5.60 Å². The van der Waals surface area contributed by atoms with Crippen molar-refractivity contribution in [1.29, 1.82) is 0 Å². The molecule has 0 aliphatic heterocycles. The van der Waals surface area contributed by atoms with Gasteiger partial charge in [0, 0.05) is 19.3 Å². The molecule has 0 amide bonds. The van der Waals surface area contributed by atoms with E-state index in [1.54, 1.807) is 7.11 Å². The van der Waals surface area contributed by atoms with Crippen molar-refractivity contribution in [3.8, 4) is 0 Å². The van der Waals surface area contributed by atoms with Crippen LogP contribution < -0.4 is 0 Å². The van der Waals surface area contributed by atoms with Crippen LogP contribution in [0, 0.1) is 5.92 Å². The predicted octanol–water partition coefficient (Wildman–Crippen LogP) is 3.56. The minimum Gasteiger partial charge on any atom is -0.370 e. The Labute approximate surface area is 127 Å². The number of nitrogens with zero attached hydrogens (tertiary/aromatic N) is 2. The van der Waals surface area contributed by atoms with Crippen molar-refractivity contribution in [1.82, 2.24) is 9.78 Å². The van der Waals surface area contributed by atoms with E-state index >= 15 is 0 Å². The number of methoxy groups -OCH3 is 1. The average molecular weight is 292 g/mol. The fourth-order valence-corrected chi connectivity index (χ4v) is 3.29. The zero-order valence-corrected chi connectivity index (χ0v) is 13.8. The summed E-state index contributed by atoms with van der Waals surface area (Å²) in [5.41, 5.74) is 0.271. The minimum atomic E-state index is -0.585. The van der Waals surface area contributed by atoms with Gasteiger partial charge in [-0.2, -0.15) is 5.10 Å². The van der Waals surface area contributed by atoms with Crippen molar-refractivity contribution in [3.63, 3.8) is 0 Å². The lowest BCUT2D eigenvalue weighted by Crippen LogP contribution is -2.45. The van der Waals surface area contributed by atoms with Crippen LogP contribution in [0.2, 0.25) is 0 Å². The maximum absolute atomic E-state index is 12.7. The Hall–Kier alpha value is -1.16. The van der Waals surface area contributed by atoms with E-state index in [0.717, 1.165) is 31.4 Å². The lowest BCUT2D eigenvalue weighted by Gasteiger charge is -2.37. The van der Waals surface area contributed by atoms with Gasteiger partial charge in [0.2, 0.25) is 0 Å². The van der Waals surface area contributed by atoms with Gasteiger partial charge in [0.15, 0.2) is 5.78 Å². The topological polar surface area (TPSA) is 44.1 Å². The molecule has 2 rings (SSSR count). The first-order valence-corrected chi connectivity index (χ1v) is 8.13. The van der Waals surface area contributed by atoms with Crippen LogP contribution in [-0.2, 0) is 16.0 Å². The first-order chi connectivity index (χ1) is 10.0. The molecule has 1 aromatic heterocycles. The van der Waals surface area contributed by atoms with Crippen molar-refractivity contribution in [2.75, 3.05) is 7.11 Å². The third-order valence-electron chi connectivity index (χ3n) is 4.90. The maximum atomic E-state index is 12.7. The monoisotopic (exact) mass is 292 g/mol. The normalized spacial score (nSPS) is 27.5. The Kier molecular flexibility index (Phi) is 5.20. The number of carbonyl (C=O) groups is 1. The number of rotatable bonds is 6. The molecule has 4 nitrogen and oxygen atoms in total. The fraction of sp³-hybridized carbons (Fsp3) is 0.765. The summed E-state index contributed by atoms with van der Waals surface area (Å²) < 4.78 is 7.62. The SMILES string of the molecule is CCC(C)n1ccc(CC(=O)C2(OC)CCCC(C)C2)n1. The fourth-order valence-electron chi connectivity index (χ4n) is 3.29. The van der Waals surface area contributed by atoms with E-state index in [4.69, 9.17) is 4.74 Å². The summed E-state index contributed by atoms with van der Waals surface area (Å²) in [4.78, 5) is 12.7. The third-order valence-corrected chi connectivity index (χ3v) is 4.90. The predicted molar refractivity (Wildman–Crippen MR) is 83.3 cm³/mol. The molecular weight excluding hydrogens is 264 g/mol. The summed E-state index contributed by atoms with van der Waals surface area (Å²) in [7, 11) is 1.67. The molecular formula is C17H28N2O2. The summed E-state index contributed by atoms with van der Waals surface area (Å²) in [6.07, 6.45) is 7.34. The molecule has 1 saturated carbocycles. The van der Waals surface area contributed by atoms with Gasteiger partial charge in [0.25, 0.3) is 0 Å². The van der Waals surface area contributed by atoms with Gasteiger partial charge in [-0.25, -0.2) is 0 Å². The molecule has 0 N–H and O–H groups in total. The Morgan fingerprint density at radius 2 is 2.38 bits per heavy atom. The average Bonchev–Trinajstić information content (AvgIpc) is 2.94. The van der Waals surface area contributed by atoms with Crippen LogP contribution in [0.3, 0.4) is 0 Å². The molecule has 3 unspecified atom stereocenters. The van der Waals surface area contributed by atoms with Crippen LogP contribution in [-0.4, -0.2) is 28.3 Å². The molecule has 4 heteroatoms. The highest BCUT2D eigenvalue weighted by Crippen LogP contribution is 2.36. The first kappa shape index (κ1) is 16.2. The summed E-state index contributed by atoms with van der Waals surface area (Å²) in [5.74, 6) is 0.742. The second kappa shape index (κ2) is 6.73. The van der Waals surface area contributed by atoms with Gasteiger partial charge < -0.3 is 4.74 Å². The number of ether oxygens (including phenoxy) is 1. The van der Waals surface area contributed by atoms with Crippen LogP contribution in [0.4, 0.5) is 0 Å². The Morgan fingerprint density at radius 3 is 3.00 bits per heavy atom. The number of hydrogen-bond acceptors (Lipinski definition) is 3. The van der Waals surface area contributed by atoms with Gasteiger partial charge >= 0.3 is 0 Å². The van der Waals surface area contributed by atoms with Crippen molar-refractivity contribution in [2.24, 2.45) is 5.92 Å². The van der Waals surface area contributed by atoms with E-state index in [1.807, 2.05) is 16.9 Å². The highest BCUT2D eigenvalue weighted by atomic mass is 16.5. The summed E-state index contributed by atoms with van der Waals surface area (Å²) >= 11 is 0. The number of carbonyl (C=O) groups excluding carboxylic acids is 1. The quantitative estimate of drug-likeness (QED) is 0.805. The van der Waals surface area contributed by atoms with E-state index in [9.17, 15) is 4.79 Å². The van der Waals surface area contributed by atoms with Gasteiger partial charge in [0.05, 0.1) is 12.1 Å². The molecule has 118 valence electrons. The van der Waals surface area contributed by atoms with Crippen molar-refractivity contribution >= 4 is 5.78 Å². The van der Waals surface area contributed by atoms with Crippen LogP contribution in [0.25, 0.3) is 0 Å². The number of hydrogen-bond donors (Lipinski definition) is 0. The molecule has 1 aromatic rings. The molecule has 0 aromatic carbocycles. The van der Waals surface area contributed by atoms with Crippen molar-refractivity contribution < 1.29 is 9.53 Å². The summed E-state index contributed by atoms with van der Waals surface area (Å²) in [6, 6.07) is 2.33. The maximum Gasteiger partial charge on any atom is 0.170 e. The summed E-state index contributed by atoms with van der Waals surface area (Å²) in [6.45, 7) is 6.48. The second-order valence-electron chi connectivity index (χ2n) is 6.54. The first-order valence-electron chi connectivity index (χ1n) is 8.13. The lowest BCUT2D eigenvalue weighted by atomic mass is 9.75. The molecule has 1 aliphatic carbocycles. The smallest absolute Gasteiger partial charge is 0.170 e. The van der Waals surface area contributed by atoms with Gasteiger partial charge in [-0.1, -0.05) is 20.3 Å². The second-order valence-corrected chi connectivity index (χ2v) is 6.54. The van der Waals surface area contributed by atoms with E-state index in [-0.39, 0.29) is 5.78 Å². The number of ketones is 1. The minimum absolute atomic E-state index is 0.186. The highest BCUT2D eigenvalue weighted by molar-refractivity contribution is 5.89. The van der Waals surface area contributed by atoms with Gasteiger partial charge in [-0.05, 0) is 44.6 Å². The van der Waals surface area contributed by atoms with E-state index in [0.29, 0.717) is 18.4 Å². The molecule has 0 bridgehead atoms. The van der Waals surface area contributed by atoms with Crippen molar-refractivity contribution in [3.05, 3.63) is 18.0 Å². The van der Waals surface area contributed by atoms with E-state index in [2.05, 4.69) is 25.9 Å². The summed E-state index contributed by atoms with van der Waals surface area (Å²) in [5, 5.41) is 4.54. The van der Waals surface area contributed by atoms with Crippen LogP contribution in [0.1, 0.15) is 64.6 Å². The van der Waals surface area contributed by atoms with Crippen LogP contribution >= 0.6 is 0 Å². The Balaban J connectivity index is 2.07. The molecule has 3 atom stereocenters. The zero-order valence-electron chi connectivity index (χ0n) is 13.8. The largest absolute Gasteiger partial charge is 0.370 e. The molecule has 1 fully saturated rings. The van der Waals surface area contributed by atoms with E-state index < -0.39 is 5.60 Å². The third kappa shape index (κ3) is 3.54. The Bertz CT molecular complexity index is 483. The molecule has 1 heterocycles. The molecule has 1 aliphatic rings. The van der Waals surface area contributed by atoms with Gasteiger partial charge in [-0.3, -0.25) is 9.48 Å². The molecule has 21 heavy (non-hydrogen) atoms. The van der Waals surface area contributed by atoms with Crippen molar-refractivity contribution in [2.45, 2.75) is 70.9 Å². The Morgan fingerprint density at radius 1 is 1.62 bits per heavy atom. The number of aromatic nitrogens is 2. The molecule has 0 saturated heterocycles. The molecule has 0 radical (unpaired) electrons. The molecule has 0 spiro atoms. The van der Waals surface area contributed by atoms with Crippen LogP contribution in [0.5, 0.6) is 0 Å². The number of Topliss-reactive ketones (excluding diaryl/α,β-unsaturated/α-hetero) is 1. The zero-order chi connectivity index (χ0) is 15.5. The van der Waals surface area contributed by atoms with Gasteiger partial charge in [-0.15, -0.1) is 0 Å². The van der Waals surface area contributed by atoms with E-state index in [1.165, 1.54) is 6.42 Å².